The molecule has 0 bridgehead atoms. The topological polar surface area (TPSA) is 105 Å². The molecule has 28 heavy (non-hydrogen) atoms. The van der Waals surface area contributed by atoms with Crippen LogP contribution < -0.4 is 5.32 Å². The van der Waals surface area contributed by atoms with Crippen molar-refractivity contribution in [3.05, 3.63) is 78.2 Å². The van der Waals surface area contributed by atoms with E-state index in [9.17, 15) is 14.7 Å². The van der Waals surface area contributed by atoms with Gasteiger partial charge >= 0.3 is 5.97 Å². The van der Waals surface area contributed by atoms with E-state index in [2.05, 4.69) is 20.3 Å². The van der Waals surface area contributed by atoms with Gasteiger partial charge < -0.3 is 10.4 Å². The van der Waals surface area contributed by atoms with Gasteiger partial charge in [0.25, 0.3) is 5.91 Å². The van der Waals surface area contributed by atoms with Gasteiger partial charge in [-0.05, 0) is 24.3 Å². The van der Waals surface area contributed by atoms with Crippen molar-refractivity contribution < 1.29 is 14.7 Å². The zero-order valence-corrected chi connectivity index (χ0v) is 14.7. The minimum Gasteiger partial charge on any atom is -0.480 e. The molecule has 2 aromatic heterocycles. The van der Waals surface area contributed by atoms with Gasteiger partial charge in [-0.3, -0.25) is 9.78 Å². The number of pyridine rings is 1. The van der Waals surface area contributed by atoms with Crippen LogP contribution in [0.1, 0.15) is 16.2 Å². The van der Waals surface area contributed by atoms with E-state index in [-0.39, 0.29) is 12.1 Å². The van der Waals surface area contributed by atoms with Crippen molar-refractivity contribution >= 4 is 33.8 Å². The standard InChI is InChI=1S/C21H16N4O3/c26-20(18-10-9-13-5-1-2-6-15(13)24-18)25-19(21(27)28)11-14-12-22-16-7-3-4-8-17(16)23-14/h1-10,12,19H,11H2,(H,25,26)(H,27,28)/t19-/m0/s1. The lowest BCUT2D eigenvalue weighted by molar-refractivity contribution is -0.139. The highest BCUT2D eigenvalue weighted by molar-refractivity contribution is 5.97. The summed E-state index contributed by atoms with van der Waals surface area (Å²) < 4.78 is 0. The van der Waals surface area contributed by atoms with Gasteiger partial charge in [0.15, 0.2) is 0 Å². The fraction of sp³-hybridized carbons (Fsp3) is 0.0952. The number of fused-ring (bicyclic) bond motifs is 2. The van der Waals surface area contributed by atoms with Crippen molar-refractivity contribution in [3.8, 4) is 0 Å². The van der Waals surface area contributed by atoms with Crippen LogP contribution in [-0.2, 0) is 11.2 Å². The Morgan fingerprint density at radius 1 is 0.893 bits per heavy atom. The first-order valence-electron chi connectivity index (χ1n) is 8.70. The Hall–Kier alpha value is -3.87. The summed E-state index contributed by atoms with van der Waals surface area (Å²) >= 11 is 0. The Bertz CT molecular complexity index is 1190. The predicted octanol–water partition coefficient (Wildman–Crippen LogP) is 2.60. The Morgan fingerprint density at radius 2 is 1.61 bits per heavy atom. The SMILES string of the molecule is O=C(N[C@@H](Cc1cnc2ccccc2n1)C(=O)O)c1ccc2ccccc2n1. The maximum Gasteiger partial charge on any atom is 0.326 e. The number of carbonyl (C=O) groups is 2. The molecule has 0 fully saturated rings. The monoisotopic (exact) mass is 372 g/mol. The molecule has 4 rings (SSSR count). The summed E-state index contributed by atoms with van der Waals surface area (Å²) in [5, 5.41) is 13.0. The first kappa shape index (κ1) is 17.5. The van der Waals surface area contributed by atoms with E-state index in [1.54, 1.807) is 24.3 Å². The number of benzene rings is 2. The van der Waals surface area contributed by atoms with Gasteiger partial charge in [0.05, 0.1) is 22.2 Å². The second-order valence-corrected chi connectivity index (χ2v) is 6.31. The Morgan fingerprint density at radius 3 is 2.39 bits per heavy atom. The molecular weight excluding hydrogens is 356 g/mol. The van der Waals surface area contributed by atoms with Gasteiger partial charge in [0.1, 0.15) is 11.7 Å². The summed E-state index contributed by atoms with van der Waals surface area (Å²) in [6.45, 7) is 0. The van der Waals surface area contributed by atoms with Crippen molar-refractivity contribution in [2.24, 2.45) is 0 Å². The van der Waals surface area contributed by atoms with Crippen molar-refractivity contribution in [2.75, 3.05) is 0 Å². The molecule has 0 aliphatic rings. The lowest BCUT2D eigenvalue weighted by Crippen LogP contribution is -2.42. The van der Waals surface area contributed by atoms with Gasteiger partial charge in [-0.15, -0.1) is 0 Å². The third kappa shape index (κ3) is 3.64. The first-order valence-corrected chi connectivity index (χ1v) is 8.70. The quantitative estimate of drug-likeness (QED) is 0.558. The van der Waals surface area contributed by atoms with Gasteiger partial charge in [0.2, 0.25) is 0 Å². The third-order valence-electron chi connectivity index (χ3n) is 4.35. The highest BCUT2D eigenvalue weighted by atomic mass is 16.4. The molecule has 4 aromatic rings. The molecular formula is C21H16N4O3. The number of para-hydroxylation sites is 3. The number of carboxylic acid groups (broad SMARTS) is 1. The molecule has 7 nitrogen and oxygen atoms in total. The van der Waals surface area contributed by atoms with Crippen LogP contribution in [0.4, 0.5) is 0 Å². The van der Waals surface area contributed by atoms with Gasteiger partial charge in [-0.2, -0.15) is 0 Å². The second-order valence-electron chi connectivity index (χ2n) is 6.31. The van der Waals surface area contributed by atoms with Crippen LogP contribution in [0, 0.1) is 0 Å². The second kappa shape index (κ2) is 7.40. The average molecular weight is 372 g/mol. The molecule has 2 aromatic carbocycles. The van der Waals surface area contributed by atoms with E-state index in [0.29, 0.717) is 16.7 Å². The number of nitrogens with one attached hydrogen (secondary N) is 1. The van der Waals surface area contributed by atoms with E-state index < -0.39 is 17.9 Å². The van der Waals surface area contributed by atoms with Crippen LogP contribution in [0.15, 0.2) is 66.9 Å². The molecule has 0 aliphatic carbocycles. The molecule has 7 heteroatoms. The summed E-state index contributed by atoms with van der Waals surface area (Å²) in [4.78, 5) is 37.2. The molecule has 2 N–H and O–H groups in total. The minimum absolute atomic E-state index is 0.0203. The normalized spacial score (nSPS) is 12.0. The molecule has 0 unspecified atom stereocenters. The lowest BCUT2D eigenvalue weighted by atomic mass is 10.1. The summed E-state index contributed by atoms with van der Waals surface area (Å²) in [5.41, 5.74) is 2.71. The third-order valence-corrected chi connectivity index (χ3v) is 4.35. The molecule has 2 heterocycles. The zero-order valence-electron chi connectivity index (χ0n) is 14.7. The average Bonchev–Trinajstić information content (AvgIpc) is 2.72. The molecule has 138 valence electrons. The molecule has 0 saturated heterocycles. The number of rotatable bonds is 5. The van der Waals surface area contributed by atoms with E-state index in [1.807, 2.05) is 36.4 Å². The number of amides is 1. The Kier molecular flexibility index (Phi) is 4.63. The van der Waals surface area contributed by atoms with Crippen LogP contribution in [0.5, 0.6) is 0 Å². The molecule has 1 atom stereocenters. The highest BCUT2D eigenvalue weighted by Gasteiger charge is 2.23. The van der Waals surface area contributed by atoms with E-state index >= 15 is 0 Å². The fourth-order valence-electron chi connectivity index (χ4n) is 2.93. The summed E-state index contributed by atoms with van der Waals surface area (Å²) in [7, 11) is 0. The van der Waals surface area contributed by atoms with Crippen molar-refractivity contribution in [3.63, 3.8) is 0 Å². The number of aliphatic carboxylic acids is 1. The van der Waals surface area contributed by atoms with Crippen molar-refractivity contribution in [2.45, 2.75) is 12.5 Å². The van der Waals surface area contributed by atoms with Crippen molar-refractivity contribution in [1.82, 2.24) is 20.3 Å². The highest BCUT2D eigenvalue weighted by Crippen LogP contribution is 2.13. The maximum absolute atomic E-state index is 12.5. The minimum atomic E-state index is -1.15. The lowest BCUT2D eigenvalue weighted by Gasteiger charge is -2.14. The molecule has 0 spiro atoms. The van der Waals surface area contributed by atoms with Gasteiger partial charge in [0, 0.05) is 18.0 Å². The molecule has 0 aliphatic heterocycles. The predicted molar refractivity (Wildman–Crippen MR) is 104 cm³/mol. The van der Waals surface area contributed by atoms with Crippen LogP contribution in [-0.4, -0.2) is 38.0 Å². The summed E-state index contributed by atoms with van der Waals surface area (Å²) in [5.74, 6) is -1.70. The number of carbonyl (C=O) groups excluding carboxylic acids is 1. The van der Waals surface area contributed by atoms with Gasteiger partial charge in [-0.25, -0.2) is 14.8 Å². The largest absolute Gasteiger partial charge is 0.480 e. The fourth-order valence-corrected chi connectivity index (χ4v) is 2.93. The Balaban J connectivity index is 1.55. The number of hydrogen-bond acceptors (Lipinski definition) is 5. The maximum atomic E-state index is 12.5. The molecule has 1 amide bonds. The van der Waals surface area contributed by atoms with Crippen molar-refractivity contribution in [1.29, 1.82) is 0 Å². The van der Waals surface area contributed by atoms with Crippen LogP contribution >= 0.6 is 0 Å². The molecule has 0 radical (unpaired) electrons. The zero-order chi connectivity index (χ0) is 19.5. The summed E-state index contributed by atoms with van der Waals surface area (Å²) in [6.07, 6.45) is 1.55. The molecule has 0 saturated carbocycles. The number of carboxylic acids is 1. The summed E-state index contributed by atoms with van der Waals surface area (Å²) in [6, 6.07) is 16.9. The van der Waals surface area contributed by atoms with E-state index in [0.717, 1.165) is 10.9 Å². The number of aromatic nitrogens is 3. The number of nitrogens with zero attached hydrogens (tertiary/aromatic N) is 3. The van der Waals surface area contributed by atoms with E-state index in [1.165, 1.54) is 6.20 Å². The smallest absolute Gasteiger partial charge is 0.326 e. The number of hydrogen-bond donors (Lipinski definition) is 2. The Labute approximate surface area is 160 Å². The van der Waals surface area contributed by atoms with Crippen LogP contribution in [0.25, 0.3) is 21.9 Å². The van der Waals surface area contributed by atoms with Crippen LogP contribution in [0.2, 0.25) is 0 Å². The first-order chi connectivity index (χ1) is 13.6. The van der Waals surface area contributed by atoms with Gasteiger partial charge in [-0.1, -0.05) is 36.4 Å². The van der Waals surface area contributed by atoms with E-state index in [4.69, 9.17) is 0 Å². The van der Waals surface area contributed by atoms with Crippen LogP contribution in [0.3, 0.4) is 0 Å².